The minimum absolute atomic E-state index is 0. The average Bonchev–Trinajstić information content (AvgIpc) is 3.07. The number of aryl methyl sites for hydroxylation is 1. The van der Waals surface area contributed by atoms with Gasteiger partial charge in [-0.2, -0.15) is 0 Å². The topological polar surface area (TPSA) is 96.7 Å². The van der Waals surface area contributed by atoms with Gasteiger partial charge in [0.25, 0.3) is 0 Å². The lowest BCUT2D eigenvalue weighted by Gasteiger charge is -2.40. The summed E-state index contributed by atoms with van der Waals surface area (Å²) >= 11 is 0. The number of likely N-dealkylation sites (tertiary alicyclic amines) is 1. The maximum absolute atomic E-state index is 12.1. The lowest BCUT2D eigenvalue weighted by atomic mass is 10.1. The van der Waals surface area contributed by atoms with Crippen LogP contribution in [0, 0.1) is 6.92 Å². The Bertz CT molecular complexity index is 884. The van der Waals surface area contributed by atoms with E-state index in [1.54, 1.807) is 11.1 Å². The molecular weight excluding hydrogens is 509 g/mol. The van der Waals surface area contributed by atoms with Crippen molar-refractivity contribution in [1.82, 2.24) is 30.1 Å². The van der Waals surface area contributed by atoms with Crippen molar-refractivity contribution in [2.45, 2.75) is 52.8 Å². The van der Waals surface area contributed by atoms with Gasteiger partial charge in [-0.1, -0.05) is 6.07 Å². The Balaban J connectivity index is 0.00000341. The van der Waals surface area contributed by atoms with Gasteiger partial charge in [-0.15, -0.1) is 24.0 Å². The molecule has 170 valence electrons. The van der Waals surface area contributed by atoms with Crippen molar-refractivity contribution in [2.75, 3.05) is 19.6 Å². The fourth-order valence-electron chi connectivity index (χ4n) is 3.00. The van der Waals surface area contributed by atoms with Crippen molar-refractivity contribution in [2.24, 2.45) is 4.99 Å². The fourth-order valence-corrected chi connectivity index (χ4v) is 3.00. The molecule has 2 N–H and O–H groups in total. The standard InChI is InChI=1S/C21H31N7O2.HI/c1-6-22-19(26-17-13-27(14-17)20(29)30-21(3,4)5)25-12-16-7-8-18(24-11-16)28-10-9-23-15(28)2;/h7-11,17H,6,12-14H2,1-5H3,(H2,22,25,26);1H. The molecule has 0 radical (unpaired) electrons. The molecule has 0 aliphatic carbocycles. The number of aliphatic imine (C=N–C) groups is 1. The van der Waals surface area contributed by atoms with Crippen molar-refractivity contribution in [3.05, 3.63) is 42.1 Å². The first-order valence-corrected chi connectivity index (χ1v) is 10.2. The number of nitrogens with one attached hydrogen (secondary N) is 2. The Hall–Kier alpha value is -2.37. The van der Waals surface area contributed by atoms with Gasteiger partial charge in [0.15, 0.2) is 5.96 Å². The third-order valence-corrected chi connectivity index (χ3v) is 4.52. The van der Waals surface area contributed by atoms with Gasteiger partial charge in [-0.25, -0.2) is 19.8 Å². The first-order chi connectivity index (χ1) is 14.2. The van der Waals surface area contributed by atoms with E-state index in [0.717, 1.165) is 29.7 Å². The Morgan fingerprint density at radius 3 is 2.58 bits per heavy atom. The highest BCUT2D eigenvalue weighted by Crippen LogP contribution is 2.15. The zero-order chi connectivity index (χ0) is 21.7. The second-order valence-electron chi connectivity index (χ2n) is 8.29. The summed E-state index contributed by atoms with van der Waals surface area (Å²) < 4.78 is 7.33. The number of aromatic nitrogens is 3. The zero-order valence-electron chi connectivity index (χ0n) is 18.8. The molecule has 10 heteroatoms. The molecule has 0 unspecified atom stereocenters. The van der Waals surface area contributed by atoms with Crippen molar-refractivity contribution < 1.29 is 9.53 Å². The van der Waals surface area contributed by atoms with Crippen LogP contribution >= 0.6 is 24.0 Å². The quantitative estimate of drug-likeness (QED) is 0.344. The normalized spacial score (nSPS) is 14.5. The molecule has 3 heterocycles. The number of rotatable bonds is 5. The second-order valence-corrected chi connectivity index (χ2v) is 8.29. The highest BCUT2D eigenvalue weighted by atomic mass is 127. The summed E-state index contributed by atoms with van der Waals surface area (Å²) in [7, 11) is 0. The predicted octanol–water partition coefficient (Wildman–Crippen LogP) is 2.87. The Labute approximate surface area is 200 Å². The molecule has 31 heavy (non-hydrogen) atoms. The first-order valence-electron chi connectivity index (χ1n) is 10.2. The molecule has 1 fully saturated rings. The number of hydrogen-bond acceptors (Lipinski definition) is 5. The predicted molar refractivity (Wildman–Crippen MR) is 131 cm³/mol. The minimum Gasteiger partial charge on any atom is -0.444 e. The summed E-state index contributed by atoms with van der Waals surface area (Å²) in [5, 5.41) is 6.62. The van der Waals surface area contributed by atoms with Gasteiger partial charge in [0.05, 0.1) is 12.6 Å². The summed E-state index contributed by atoms with van der Waals surface area (Å²) in [6.07, 6.45) is 5.20. The molecule has 0 saturated carbocycles. The molecule has 0 spiro atoms. The Morgan fingerprint density at radius 1 is 1.29 bits per heavy atom. The molecule has 2 aromatic rings. The van der Waals surface area contributed by atoms with Crippen molar-refractivity contribution in [3.63, 3.8) is 0 Å². The molecule has 0 atom stereocenters. The lowest BCUT2D eigenvalue weighted by Crippen LogP contribution is -2.63. The van der Waals surface area contributed by atoms with E-state index in [1.165, 1.54) is 0 Å². The van der Waals surface area contributed by atoms with Crippen molar-refractivity contribution >= 4 is 36.0 Å². The number of guanidine groups is 1. The third-order valence-electron chi connectivity index (χ3n) is 4.52. The van der Waals surface area contributed by atoms with E-state index < -0.39 is 5.60 Å². The smallest absolute Gasteiger partial charge is 0.410 e. The summed E-state index contributed by atoms with van der Waals surface area (Å²) in [6, 6.07) is 4.13. The monoisotopic (exact) mass is 541 g/mol. The van der Waals surface area contributed by atoms with E-state index in [2.05, 4.69) is 25.6 Å². The number of imidazole rings is 1. The second kappa shape index (κ2) is 10.8. The molecule has 0 aromatic carbocycles. The molecule has 2 aromatic heterocycles. The highest BCUT2D eigenvalue weighted by Gasteiger charge is 2.34. The van der Waals surface area contributed by atoms with Gasteiger partial charge in [-0.3, -0.25) is 4.57 Å². The molecular formula is C21H32IN7O2. The van der Waals surface area contributed by atoms with Gasteiger partial charge >= 0.3 is 6.09 Å². The summed E-state index contributed by atoms with van der Waals surface area (Å²) in [6.45, 7) is 12.0. The van der Waals surface area contributed by atoms with Gasteiger partial charge in [-0.05, 0) is 46.2 Å². The van der Waals surface area contributed by atoms with Crippen LogP contribution in [0.15, 0.2) is 35.7 Å². The molecule has 1 amide bonds. The number of ether oxygens (including phenoxy) is 1. The van der Waals surface area contributed by atoms with E-state index in [1.807, 2.05) is 63.7 Å². The van der Waals surface area contributed by atoms with Crippen LogP contribution in [0.4, 0.5) is 4.79 Å². The molecule has 1 saturated heterocycles. The van der Waals surface area contributed by atoms with E-state index >= 15 is 0 Å². The number of carbonyl (C=O) groups is 1. The molecule has 1 aliphatic heterocycles. The minimum atomic E-state index is -0.480. The van der Waals surface area contributed by atoms with Gasteiger partial charge < -0.3 is 20.3 Å². The number of carbonyl (C=O) groups excluding carboxylic acids is 1. The average molecular weight is 541 g/mol. The highest BCUT2D eigenvalue weighted by molar-refractivity contribution is 14.0. The third kappa shape index (κ3) is 7.08. The summed E-state index contributed by atoms with van der Waals surface area (Å²) in [5.74, 6) is 2.45. The molecule has 0 bridgehead atoms. The van der Waals surface area contributed by atoms with Crippen LogP contribution in [0.3, 0.4) is 0 Å². The summed E-state index contributed by atoms with van der Waals surface area (Å²) in [4.78, 5) is 27.1. The zero-order valence-corrected chi connectivity index (χ0v) is 21.1. The fraction of sp³-hybridized carbons (Fsp3) is 0.524. The van der Waals surface area contributed by atoms with E-state index in [9.17, 15) is 4.79 Å². The van der Waals surface area contributed by atoms with Crippen molar-refractivity contribution in [3.8, 4) is 5.82 Å². The Morgan fingerprint density at radius 2 is 2.03 bits per heavy atom. The first kappa shape index (κ1) is 24.9. The van der Waals surface area contributed by atoms with Gasteiger partial charge in [0.2, 0.25) is 0 Å². The molecule has 3 rings (SSSR count). The van der Waals surface area contributed by atoms with Crippen LogP contribution in [-0.2, 0) is 11.3 Å². The number of halogens is 1. The maximum Gasteiger partial charge on any atom is 0.410 e. The van der Waals surface area contributed by atoms with Crippen LogP contribution < -0.4 is 10.6 Å². The number of pyridine rings is 1. The van der Waals surface area contributed by atoms with E-state index in [0.29, 0.717) is 19.6 Å². The molecule has 1 aliphatic rings. The van der Waals surface area contributed by atoms with Gasteiger partial charge in [0, 0.05) is 38.2 Å². The SMILES string of the molecule is CCNC(=NCc1ccc(-n2ccnc2C)nc1)NC1CN(C(=O)OC(C)(C)C)C1.I. The van der Waals surface area contributed by atoms with Crippen LogP contribution in [0.2, 0.25) is 0 Å². The van der Waals surface area contributed by atoms with E-state index in [-0.39, 0.29) is 36.1 Å². The molecule has 9 nitrogen and oxygen atoms in total. The largest absolute Gasteiger partial charge is 0.444 e. The van der Waals surface area contributed by atoms with Gasteiger partial charge in [0.1, 0.15) is 17.2 Å². The van der Waals surface area contributed by atoms with Crippen LogP contribution in [0.25, 0.3) is 5.82 Å². The number of nitrogens with zero attached hydrogens (tertiary/aromatic N) is 5. The lowest BCUT2D eigenvalue weighted by molar-refractivity contribution is 0.00700. The number of amides is 1. The maximum atomic E-state index is 12.1. The van der Waals surface area contributed by atoms with Crippen LogP contribution in [-0.4, -0.2) is 62.8 Å². The van der Waals surface area contributed by atoms with Crippen molar-refractivity contribution in [1.29, 1.82) is 0 Å². The van der Waals surface area contributed by atoms with Crippen LogP contribution in [0.1, 0.15) is 39.1 Å². The van der Waals surface area contributed by atoms with E-state index in [4.69, 9.17) is 4.74 Å². The number of hydrogen-bond donors (Lipinski definition) is 2. The van der Waals surface area contributed by atoms with Crippen LogP contribution in [0.5, 0.6) is 0 Å². The summed E-state index contributed by atoms with van der Waals surface area (Å²) in [5.41, 5.74) is 0.532. The Kier molecular flexibility index (Phi) is 8.66.